The van der Waals surface area contributed by atoms with Gasteiger partial charge in [-0.3, -0.25) is 0 Å². The van der Waals surface area contributed by atoms with Gasteiger partial charge in [-0.25, -0.2) is 0 Å². The van der Waals surface area contributed by atoms with Crippen LogP contribution in [0.4, 0.5) is 11.4 Å². The average molecular weight is 302 g/mol. The molecule has 14 heavy (non-hydrogen) atoms. The largest absolute Gasteiger partial charge is 0.382 e. The molecule has 0 bridgehead atoms. The quantitative estimate of drug-likeness (QED) is 0.845. The monoisotopic (exact) mass is 302 g/mol. The molecule has 3 heteroatoms. The van der Waals surface area contributed by atoms with Gasteiger partial charge in [0.1, 0.15) is 0 Å². The molecule has 0 fully saturated rings. The van der Waals surface area contributed by atoms with E-state index in [4.69, 9.17) is 0 Å². The van der Waals surface area contributed by atoms with E-state index in [-0.39, 0.29) is 0 Å². The number of benzene rings is 1. The van der Waals surface area contributed by atoms with E-state index in [1.807, 2.05) is 0 Å². The van der Waals surface area contributed by atoms with Crippen LogP contribution in [0.1, 0.15) is 13.3 Å². The van der Waals surface area contributed by atoms with Crippen molar-refractivity contribution >= 4 is 34.0 Å². The summed E-state index contributed by atoms with van der Waals surface area (Å²) < 4.78 is 1.30. The van der Waals surface area contributed by atoms with Crippen molar-refractivity contribution in [2.24, 2.45) is 0 Å². The maximum absolute atomic E-state index is 3.45. The van der Waals surface area contributed by atoms with Crippen molar-refractivity contribution in [1.82, 2.24) is 0 Å². The molecular formula is C11H15IN2. The first kappa shape index (κ1) is 10.1. The van der Waals surface area contributed by atoms with Crippen molar-refractivity contribution in [3.63, 3.8) is 0 Å². The van der Waals surface area contributed by atoms with Crippen LogP contribution in [0.15, 0.2) is 18.2 Å². The topological polar surface area (TPSA) is 15.3 Å². The molecule has 0 aromatic heterocycles. The average Bonchev–Trinajstić information content (AvgIpc) is 2.18. The molecule has 0 spiro atoms. The molecule has 1 aliphatic rings. The molecule has 0 amide bonds. The summed E-state index contributed by atoms with van der Waals surface area (Å²) in [6.45, 7) is 5.58. The summed E-state index contributed by atoms with van der Waals surface area (Å²) in [7, 11) is 0. The van der Waals surface area contributed by atoms with Crippen molar-refractivity contribution in [2.75, 3.05) is 29.9 Å². The van der Waals surface area contributed by atoms with Crippen LogP contribution in [0.2, 0.25) is 0 Å². The zero-order chi connectivity index (χ0) is 9.97. The van der Waals surface area contributed by atoms with Gasteiger partial charge in [0.2, 0.25) is 0 Å². The molecule has 2 rings (SSSR count). The number of halogens is 1. The minimum absolute atomic E-state index is 1.06. The van der Waals surface area contributed by atoms with Crippen molar-refractivity contribution in [1.29, 1.82) is 0 Å². The molecule has 0 radical (unpaired) electrons. The highest BCUT2D eigenvalue weighted by Crippen LogP contribution is 2.30. The van der Waals surface area contributed by atoms with Crippen molar-refractivity contribution in [3.8, 4) is 0 Å². The molecule has 1 aliphatic heterocycles. The number of anilines is 2. The zero-order valence-electron chi connectivity index (χ0n) is 8.39. The third-order valence-electron chi connectivity index (χ3n) is 2.49. The number of rotatable bonds is 2. The molecular weight excluding hydrogens is 287 g/mol. The maximum atomic E-state index is 3.45. The minimum atomic E-state index is 1.06. The SMILES string of the molecule is CCCN1CCNc2cc(I)ccc21. The summed E-state index contributed by atoms with van der Waals surface area (Å²) >= 11 is 2.36. The van der Waals surface area contributed by atoms with Gasteiger partial charge in [0, 0.05) is 23.2 Å². The van der Waals surface area contributed by atoms with Crippen LogP contribution in [0.25, 0.3) is 0 Å². The van der Waals surface area contributed by atoms with Crippen LogP contribution in [0.3, 0.4) is 0 Å². The number of fused-ring (bicyclic) bond motifs is 1. The van der Waals surface area contributed by atoms with E-state index < -0.39 is 0 Å². The van der Waals surface area contributed by atoms with Gasteiger partial charge in [-0.15, -0.1) is 0 Å². The Kier molecular flexibility index (Phi) is 3.15. The first-order valence-electron chi connectivity index (χ1n) is 5.09. The van der Waals surface area contributed by atoms with Crippen LogP contribution in [-0.2, 0) is 0 Å². The first-order valence-corrected chi connectivity index (χ1v) is 6.17. The molecule has 1 N–H and O–H groups in total. The normalized spacial score (nSPS) is 14.9. The number of hydrogen-bond donors (Lipinski definition) is 1. The molecule has 0 atom stereocenters. The molecule has 76 valence electrons. The number of nitrogens with one attached hydrogen (secondary N) is 1. The lowest BCUT2D eigenvalue weighted by Crippen LogP contribution is -2.34. The van der Waals surface area contributed by atoms with Crippen LogP contribution in [-0.4, -0.2) is 19.6 Å². The molecule has 0 unspecified atom stereocenters. The Bertz CT molecular complexity index is 325. The van der Waals surface area contributed by atoms with E-state index in [9.17, 15) is 0 Å². The summed E-state index contributed by atoms with van der Waals surface area (Å²) in [6.07, 6.45) is 1.21. The highest BCUT2D eigenvalue weighted by molar-refractivity contribution is 14.1. The van der Waals surface area contributed by atoms with Gasteiger partial charge < -0.3 is 10.2 Å². The Morgan fingerprint density at radius 2 is 2.36 bits per heavy atom. The van der Waals surface area contributed by atoms with Crippen molar-refractivity contribution < 1.29 is 0 Å². The van der Waals surface area contributed by atoms with Crippen molar-refractivity contribution in [3.05, 3.63) is 21.8 Å². The van der Waals surface area contributed by atoms with Gasteiger partial charge >= 0.3 is 0 Å². The summed E-state index contributed by atoms with van der Waals surface area (Å²) in [6, 6.07) is 6.62. The standard InChI is InChI=1S/C11H15IN2/c1-2-6-14-7-5-13-10-8-9(12)3-4-11(10)14/h3-4,8,13H,2,5-7H2,1H3. The van der Waals surface area contributed by atoms with Gasteiger partial charge in [-0.2, -0.15) is 0 Å². The van der Waals surface area contributed by atoms with Gasteiger partial charge in [0.25, 0.3) is 0 Å². The van der Waals surface area contributed by atoms with Crippen LogP contribution < -0.4 is 10.2 Å². The van der Waals surface area contributed by atoms with Gasteiger partial charge in [0.15, 0.2) is 0 Å². The Morgan fingerprint density at radius 3 is 3.14 bits per heavy atom. The van der Waals surface area contributed by atoms with Crippen LogP contribution in [0.5, 0.6) is 0 Å². The lowest BCUT2D eigenvalue weighted by molar-refractivity contribution is 0.760. The molecule has 0 saturated carbocycles. The maximum Gasteiger partial charge on any atom is 0.0603 e. The van der Waals surface area contributed by atoms with E-state index in [0.29, 0.717) is 0 Å². The molecule has 0 aliphatic carbocycles. The molecule has 1 aromatic rings. The van der Waals surface area contributed by atoms with E-state index >= 15 is 0 Å². The lowest BCUT2D eigenvalue weighted by atomic mass is 10.2. The third kappa shape index (κ3) is 1.97. The van der Waals surface area contributed by atoms with E-state index in [0.717, 1.165) is 19.6 Å². The Morgan fingerprint density at radius 1 is 1.50 bits per heavy atom. The smallest absolute Gasteiger partial charge is 0.0603 e. The van der Waals surface area contributed by atoms with E-state index in [1.54, 1.807) is 0 Å². The predicted molar refractivity (Wildman–Crippen MR) is 70.2 cm³/mol. The predicted octanol–water partition coefficient (Wildman–Crippen LogP) is 2.93. The first-order chi connectivity index (χ1) is 6.81. The Balaban J connectivity index is 2.30. The summed E-state index contributed by atoms with van der Waals surface area (Å²) in [5.41, 5.74) is 2.65. The highest BCUT2D eigenvalue weighted by Gasteiger charge is 2.14. The second kappa shape index (κ2) is 4.38. The fraction of sp³-hybridized carbons (Fsp3) is 0.455. The minimum Gasteiger partial charge on any atom is -0.382 e. The summed E-state index contributed by atoms with van der Waals surface area (Å²) in [5, 5.41) is 3.45. The highest BCUT2D eigenvalue weighted by atomic mass is 127. The summed E-state index contributed by atoms with van der Waals surface area (Å²) in [4.78, 5) is 2.46. The van der Waals surface area contributed by atoms with E-state index in [2.05, 4.69) is 57.9 Å². The summed E-state index contributed by atoms with van der Waals surface area (Å²) in [5.74, 6) is 0. The zero-order valence-corrected chi connectivity index (χ0v) is 10.5. The second-order valence-electron chi connectivity index (χ2n) is 3.58. The second-order valence-corrected chi connectivity index (χ2v) is 4.82. The lowest BCUT2D eigenvalue weighted by Gasteiger charge is -2.31. The third-order valence-corrected chi connectivity index (χ3v) is 3.16. The molecule has 1 heterocycles. The molecule has 2 nitrogen and oxygen atoms in total. The molecule has 1 aromatic carbocycles. The fourth-order valence-corrected chi connectivity index (χ4v) is 2.36. The van der Waals surface area contributed by atoms with Gasteiger partial charge in [-0.05, 0) is 47.2 Å². The van der Waals surface area contributed by atoms with E-state index in [1.165, 1.54) is 21.4 Å². The van der Waals surface area contributed by atoms with Crippen LogP contribution in [0, 0.1) is 3.57 Å². The van der Waals surface area contributed by atoms with Crippen LogP contribution >= 0.6 is 22.6 Å². The Labute approximate surface area is 98.8 Å². The van der Waals surface area contributed by atoms with Gasteiger partial charge in [-0.1, -0.05) is 6.92 Å². The van der Waals surface area contributed by atoms with Gasteiger partial charge in [0.05, 0.1) is 11.4 Å². The Hall–Kier alpha value is -0.450. The number of nitrogens with zero attached hydrogens (tertiary/aromatic N) is 1. The molecule has 0 saturated heterocycles. The fourth-order valence-electron chi connectivity index (χ4n) is 1.87. The van der Waals surface area contributed by atoms with Crippen molar-refractivity contribution in [2.45, 2.75) is 13.3 Å². The number of hydrogen-bond acceptors (Lipinski definition) is 2.